The van der Waals surface area contributed by atoms with Crippen LogP contribution in [-0.2, 0) is 0 Å². The standard InChI is InChI=1S/C17H21N3O/c1-3-7-12(4-2)10-18-17-16-15(19-11-20-17)13-8-5-6-9-14(13)21-16/h5-6,8-9,11-12H,3-4,7,10H2,1-2H3,(H,18,19,20)/t12-/m0/s1. The average Bonchev–Trinajstić information content (AvgIpc) is 2.91. The van der Waals surface area contributed by atoms with Crippen LogP contribution in [0.5, 0.6) is 0 Å². The minimum atomic E-state index is 0.671. The van der Waals surface area contributed by atoms with Crippen LogP contribution in [0.15, 0.2) is 35.0 Å². The van der Waals surface area contributed by atoms with Crippen LogP contribution in [0.25, 0.3) is 22.1 Å². The first-order valence-electron chi connectivity index (χ1n) is 7.69. The first-order chi connectivity index (χ1) is 10.3. The number of hydrogen-bond donors (Lipinski definition) is 1. The molecule has 2 aromatic heterocycles. The fourth-order valence-electron chi connectivity index (χ4n) is 2.75. The second-order valence-electron chi connectivity index (χ2n) is 5.44. The minimum absolute atomic E-state index is 0.671. The van der Waals surface area contributed by atoms with Crippen molar-refractivity contribution in [2.24, 2.45) is 5.92 Å². The highest BCUT2D eigenvalue weighted by atomic mass is 16.3. The average molecular weight is 283 g/mol. The van der Waals surface area contributed by atoms with Crippen molar-refractivity contribution in [3.05, 3.63) is 30.6 Å². The molecule has 4 heteroatoms. The Morgan fingerprint density at radius 1 is 1.19 bits per heavy atom. The van der Waals surface area contributed by atoms with Gasteiger partial charge in [-0.3, -0.25) is 0 Å². The van der Waals surface area contributed by atoms with E-state index in [1.54, 1.807) is 6.33 Å². The van der Waals surface area contributed by atoms with Gasteiger partial charge in [0, 0.05) is 11.9 Å². The Labute approximate surface area is 124 Å². The Hall–Kier alpha value is -2.10. The second-order valence-corrected chi connectivity index (χ2v) is 5.44. The quantitative estimate of drug-likeness (QED) is 0.717. The van der Waals surface area contributed by atoms with E-state index in [0.29, 0.717) is 5.92 Å². The van der Waals surface area contributed by atoms with E-state index in [-0.39, 0.29) is 0 Å². The first-order valence-corrected chi connectivity index (χ1v) is 7.69. The van der Waals surface area contributed by atoms with Gasteiger partial charge < -0.3 is 9.73 Å². The lowest BCUT2D eigenvalue weighted by Crippen LogP contribution is -2.14. The summed E-state index contributed by atoms with van der Waals surface area (Å²) >= 11 is 0. The molecule has 0 aliphatic heterocycles. The molecular weight excluding hydrogens is 262 g/mol. The molecule has 0 saturated carbocycles. The normalized spacial score (nSPS) is 12.9. The van der Waals surface area contributed by atoms with Gasteiger partial charge in [-0.25, -0.2) is 9.97 Å². The van der Waals surface area contributed by atoms with Crippen LogP contribution in [0.4, 0.5) is 5.82 Å². The number of nitrogens with zero attached hydrogens (tertiary/aromatic N) is 2. The molecule has 1 atom stereocenters. The Balaban J connectivity index is 1.92. The summed E-state index contributed by atoms with van der Waals surface area (Å²) < 4.78 is 5.92. The van der Waals surface area contributed by atoms with Crippen LogP contribution >= 0.6 is 0 Å². The topological polar surface area (TPSA) is 51.0 Å². The number of hydrogen-bond acceptors (Lipinski definition) is 4. The number of fused-ring (bicyclic) bond motifs is 3. The van der Waals surface area contributed by atoms with E-state index in [9.17, 15) is 0 Å². The molecule has 0 bridgehead atoms. The first kappa shape index (κ1) is 13.9. The second kappa shape index (κ2) is 6.12. The molecule has 0 spiro atoms. The van der Waals surface area contributed by atoms with Crippen molar-refractivity contribution < 1.29 is 4.42 Å². The summed E-state index contributed by atoms with van der Waals surface area (Å²) in [6, 6.07) is 7.97. The molecule has 0 aliphatic rings. The van der Waals surface area contributed by atoms with Gasteiger partial charge in [-0.15, -0.1) is 0 Å². The molecule has 110 valence electrons. The molecule has 0 unspecified atom stereocenters. The Morgan fingerprint density at radius 3 is 2.86 bits per heavy atom. The Kier molecular flexibility index (Phi) is 4.04. The third kappa shape index (κ3) is 2.71. The van der Waals surface area contributed by atoms with E-state index in [2.05, 4.69) is 29.1 Å². The summed E-state index contributed by atoms with van der Waals surface area (Å²) in [6.07, 6.45) is 5.23. The van der Waals surface area contributed by atoms with Gasteiger partial charge in [0.15, 0.2) is 11.4 Å². The predicted octanol–water partition coefficient (Wildman–Crippen LogP) is 4.61. The van der Waals surface area contributed by atoms with Gasteiger partial charge in [0.1, 0.15) is 17.4 Å². The number of furan rings is 1. The van der Waals surface area contributed by atoms with Crippen molar-refractivity contribution in [3.63, 3.8) is 0 Å². The molecular formula is C17H21N3O. The van der Waals surface area contributed by atoms with Crippen molar-refractivity contribution in [1.29, 1.82) is 0 Å². The van der Waals surface area contributed by atoms with Gasteiger partial charge >= 0.3 is 0 Å². The molecule has 1 N–H and O–H groups in total. The van der Waals surface area contributed by atoms with Gasteiger partial charge in [0.25, 0.3) is 0 Å². The van der Waals surface area contributed by atoms with Crippen LogP contribution in [-0.4, -0.2) is 16.5 Å². The highest BCUT2D eigenvalue weighted by Gasteiger charge is 2.13. The zero-order valence-electron chi connectivity index (χ0n) is 12.6. The van der Waals surface area contributed by atoms with Crippen LogP contribution in [0.3, 0.4) is 0 Å². The van der Waals surface area contributed by atoms with Crippen LogP contribution < -0.4 is 5.32 Å². The molecule has 21 heavy (non-hydrogen) atoms. The maximum atomic E-state index is 5.92. The van der Waals surface area contributed by atoms with Crippen molar-refractivity contribution in [1.82, 2.24) is 9.97 Å². The molecule has 0 fully saturated rings. The van der Waals surface area contributed by atoms with Gasteiger partial charge in [-0.05, 0) is 24.5 Å². The van der Waals surface area contributed by atoms with Gasteiger partial charge in [0.05, 0.1) is 0 Å². The van der Waals surface area contributed by atoms with E-state index < -0.39 is 0 Å². The van der Waals surface area contributed by atoms with Gasteiger partial charge in [-0.2, -0.15) is 0 Å². The SMILES string of the molecule is CCC[C@H](CC)CNc1ncnc2c1oc1ccccc12. The summed E-state index contributed by atoms with van der Waals surface area (Å²) in [4.78, 5) is 8.72. The van der Waals surface area contributed by atoms with E-state index in [0.717, 1.165) is 34.4 Å². The number of aromatic nitrogens is 2. The highest BCUT2D eigenvalue weighted by molar-refractivity contribution is 6.05. The molecule has 3 rings (SSSR count). The van der Waals surface area contributed by atoms with Gasteiger partial charge in [-0.1, -0.05) is 38.8 Å². The molecule has 0 amide bonds. The molecule has 4 nitrogen and oxygen atoms in total. The maximum Gasteiger partial charge on any atom is 0.196 e. The minimum Gasteiger partial charge on any atom is -0.450 e. The smallest absolute Gasteiger partial charge is 0.196 e. The van der Waals surface area contributed by atoms with Crippen LogP contribution in [0.2, 0.25) is 0 Å². The zero-order valence-corrected chi connectivity index (χ0v) is 12.6. The molecule has 1 aromatic carbocycles. The molecule has 0 aliphatic carbocycles. The molecule has 3 aromatic rings. The Morgan fingerprint density at radius 2 is 2.05 bits per heavy atom. The summed E-state index contributed by atoms with van der Waals surface area (Å²) in [5.74, 6) is 1.47. The number of rotatable bonds is 6. The van der Waals surface area contributed by atoms with E-state index >= 15 is 0 Å². The maximum absolute atomic E-state index is 5.92. The third-order valence-corrected chi connectivity index (χ3v) is 3.99. The lowest BCUT2D eigenvalue weighted by atomic mass is 10.0. The van der Waals surface area contributed by atoms with Crippen molar-refractivity contribution in [3.8, 4) is 0 Å². The fourth-order valence-corrected chi connectivity index (χ4v) is 2.75. The van der Waals surface area contributed by atoms with Crippen molar-refractivity contribution >= 4 is 27.9 Å². The largest absolute Gasteiger partial charge is 0.450 e. The predicted molar refractivity (Wildman–Crippen MR) is 86.5 cm³/mol. The van der Waals surface area contributed by atoms with Crippen molar-refractivity contribution in [2.75, 3.05) is 11.9 Å². The summed E-state index contributed by atoms with van der Waals surface area (Å²) in [6.45, 7) is 5.39. The lowest BCUT2D eigenvalue weighted by Gasteiger charge is -2.14. The Bertz CT molecular complexity index is 735. The number of benzene rings is 1. The zero-order chi connectivity index (χ0) is 14.7. The van der Waals surface area contributed by atoms with Crippen LogP contribution in [0, 0.1) is 5.92 Å². The summed E-state index contributed by atoms with van der Waals surface area (Å²) in [7, 11) is 0. The van der Waals surface area contributed by atoms with E-state index in [1.165, 1.54) is 19.3 Å². The van der Waals surface area contributed by atoms with E-state index in [1.807, 2.05) is 24.3 Å². The summed E-state index contributed by atoms with van der Waals surface area (Å²) in [5, 5.41) is 4.48. The monoisotopic (exact) mass is 283 g/mol. The number of anilines is 1. The third-order valence-electron chi connectivity index (χ3n) is 3.99. The fraction of sp³-hybridized carbons (Fsp3) is 0.412. The number of para-hydroxylation sites is 1. The van der Waals surface area contributed by atoms with Crippen LogP contribution in [0.1, 0.15) is 33.1 Å². The summed E-state index contributed by atoms with van der Waals surface area (Å²) in [5.41, 5.74) is 2.49. The number of nitrogens with one attached hydrogen (secondary N) is 1. The van der Waals surface area contributed by atoms with E-state index in [4.69, 9.17) is 4.42 Å². The van der Waals surface area contributed by atoms with Crippen molar-refractivity contribution in [2.45, 2.75) is 33.1 Å². The molecule has 2 heterocycles. The molecule has 0 saturated heterocycles. The molecule has 0 radical (unpaired) electrons. The highest BCUT2D eigenvalue weighted by Crippen LogP contribution is 2.30. The lowest BCUT2D eigenvalue weighted by molar-refractivity contribution is 0.487. The van der Waals surface area contributed by atoms with Gasteiger partial charge in [0.2, 0.25) is 0 Å².